The van der Waals surface area contributed by atoms with E-state index in [0.717, 1.165) is 61.4 Å². The largest absolute Gasteiger partial charge is 0.383 e. The zero-order valence-corrected chi connectivity index (χ0v) is 19.4. The number of pyridine rings is 1. The van der Waals surface area contributed by atoms with Crippen molar-refractivity contribution in [1.29, 1.82) is 0 Å². The zero-order chi connectivity index (χ0) is 23.2. The van der Waals surface area contributed by atoms with Crippen LogP contribution in [-0.2, 0) is 16.0 Å². The van der Waals surface area contributed by atoms with Crippen molar-refractivity contribution in [2.75, 3.05) is 38.6 Å². The van der Waals surface area contributed by atoms with Crippen molar-refractivity contribution < 1.29 is 9.53 Å². The van der Waals surface area contributed by atoms with Gasteiger partial charge in [-0.15, -0.1) is 0 Å². The average Bonchev–Trinajstić information content (AvgIpc) is 2.86. The number of likely N-dealkylation sites (N-methyl/N-ethyl adjacent to an activating group) is 1. The van der Waals surface area contributed by atoms with Gasteiger partial charge in [0.1, 0.15) is 5.82 Å². The Morgan fingerprint density at radius 3 is 2.70 bits per heavy atom. The number of nitrogens with two attached hydrogens (primary N) is 1. The minimum absolute atomic E-state index is 0.303. The normalized spacial score (nSPS) is 16.5. The van der Waals surface area contributed by atoms with Gasteiger partial charge in [0.25, 0.3) is 0 Å². The lowest BCUT2D eigenvalue weighted by molar-refractivity contribution is -0.109. The van der Waals surface area contributed by atoms with Crippen molar-refractivity contribution in [2.45, 2.75) is 26.3 Å². The lowest BCUT2D eigenvalue weighted by Crippen LogP contribution is -2.39. The first kappa shape index (κ1) is 23.0. The number of benzene rings is 2. The summed E-state index contributed by atoms with van der Waals surface area (Å²) in [6.07, 6.45) is 3.34. The Labute approximate surface area is 195 Å². The number of ether oxygens (including phenoxy) is 1. The highest BCUT2D eigenvalue weighted by Crippen LogP contribution is 2.32. The van der Waals surface area contributed by atoms with Crippen LogP contribution < -0.4 is 11.1 Å². The maximum absolute atomic E-state index is 10.6. The first-order chi connectivity index (χ1) is 16.1. The molecule has 3 aromatic rings. The lowest BCUT2D eigenvalue weighted by atomic mass is 9.95. The Bertz CT molecular complexity index is 1100. The number of rotatable bonds is 8. The number of nitrogens with one attached hydrogen (secondary N) is 1. The second kappa shape index (κ2) is 10.6. The Balaban J connectivity index is 1.60. The lowest BCUT2D eigenvalue weighted by Gasteiger charge is -2.35. The van der Waals surface area contributed by atoms with E-state index in [2.05, 4.69) is 77.6 Å². The fraction of sp³-hybridized carbons (Fsp3) is 0.333. The number of hydrogen-bond donors (Lipinski definition) is 2. The summed E-state index contributed by atoms with van der Waals surface area (Å²) in [5.41, 5.74) is 14.0. The number of anilines is 1. The highest BCUT2D eigenvalue weighted by Gasteiger charge is 2.23. The van der Waals surface area contributed by atoms with Gasteiger partial charge in [0.2, 0.25) is 6.41 Å². The summed E-state index contributed by atoms with van der Waals surface area (Å²) in [7, 11) is 0. The van der Waals surface area contributed by atoms with Crippen LogP contribution in [0.5, 0.6) is 0 Å². The summed E-state index contributed by atoms with van der Waals surface area (Å²) in [5, 5.41) is 2.73. The third kappa shape index (κ3) is 5.24. The number of carbonyl (C=O) groups is 1. The minimum Gasteiger partial charge on any atom is -0.383 e. The van der Waals surface area contributed by atoms with E-state index in [1.165, 1.54) is 16.7 Å². The van der Waals surface area contributed by atoms with Gasteiger partial charge in [-0.2, -0.15) is 0 Å². The highest BCUT2D eigenvalue weighted by atomic mass is 16.5. The smallest absolute Gasteiger partial charge is 0.207 e. The topological polar surface area (TPSA) is 80.5 Å². The molecule has 0 bridgehead atoms. The fourth-order valence-electron chi connectivity index (χ4n) is 4.46. The molecule has 1 amide bonds. The van der Waals surface area contributed by atoms with Crippen LogP contribution in [-0.4, -0.2) is 49.1 Å². The van der Waals surface area contributed by atoms with Gasteiger partial charge in [0.15, 0.2) is 0 Å². The molecular weight excluding hydrogens is 412 g/mol. The van der Waals surface area contributed by atoms with Crippen LogP contribution >= 0.6 is 0 Å². The summed E-state index contributed by atoms with van der Waals surface area (Å²) in [4.78, 5) is 17.5. The van der Waals surface area contributed by atoms with E-state index in [-0.39, 0.29) is 0 Å². The van der Waals surface area contributed by atoms with Gasteiger partial charge >= 0.3 is 0 Å². The maximum atomic E-state index is 10.6. The summed E-state index contributed by atoms with van der Waals surface area (Å²) >= 11 is 0. The number of nitrogens with zero attached hydrogens (tertiary/aromatic N) is 2. The molecule has 1 aliphatic rings. The summed E-state index contributed by atoms with van der Waals surface area (Å²) in [6, 6.07) is 17.4. The molecule has 1 aliphatic heterocycles. The van der Waals surface area contributed by atoms with Crippen molar-refractivity contribution >= 4 is 12.2 Å². The van der Waals surface area contributed by atoms with E-state index in [9.17, 15) is 4.79 Å². The maximum Gasteiger partial charge on any atom is 0.207 e. The molecule has 172 valence electrons. The molecule has 33 heavy (non-hydrogen) atoms. The third-order valence-corrected chi connectivity index (χ3v) is 6.47. The number of aromatic nitrogens is 1. The summed E-state index contributed by atoms with van der Waals surface area (Å²) < 4.78 is 5.72. The van der Waals surface area contributed by atoms with Crippen molar-refractivity contribution in [3.8, 4) is 22.3 Å². The fourth-order valence-corrected chi connectivity index (χ4v) is 4.46. The van der Waals surface area contributed by atoms with Crippen LogP contribution in [0.2, 0.25) is 0 Å². The molecule has 1 saturated heterocycles. The molecule has 3 N–H and O–H groups in total. The predicted octanol–water partition coefficient (Wildman–Crippen LogP) is 3.99. The van der Waals surface area contributed by atoms with E-state index in [0.29, 0.717) is 18.4 Å². The molecule has 0 spiro atoms. The van der Waals surface area contributed by atoms with Gasteiger partial charge in [-0.25, -0.2) is 4.98 Å². The Hall–Kier alpha value is -3.22. The molecule has 0 aliphatic carbocycles. The molecule has 2 aromatic carbocycles. The van der Waals surface area contributed by atoms with Crippen molar-refractivity contribution in [2.24, 2.45) is 0 Å². The Morgan fingerprint density at radius 2 is 1.94 bits per heavy atom. The standard InChI is InChI=1S/C27H32N4O2/c1-3-31-12-13-33-17-26(31)21-8-6-20(7-9-21)24-15-25(27(28)30-16-24)23-5-4-19(2)22(14-23)10-11-29-18-32/h4-9,14-16,18,26H,3,10-13,17H2,1-2H3,(H2,28,30)(H,29,32). The summed E-state index contributed by atoms with van der Waals surface area (Å²) in [5.74, 6) is 0.508. The van der Waals surface area contributed by atoms with Crippen molar-refractivity contribution in [3.05, 3.63) is 71.4 Å². The van der Waals surface area contributed by atoms with E-state index >= 15 is 0 Å². The van der Waals surface area contributed by atoms with E-state index in [4.69, 9.17) is 10.5 Å². The SMILES string of the molecule is CCN1CCOCC1c1ccc(-c2cnc(N)c(-c3ccc(C)c(CCNC=O)c3)c2)cc1. The molecule has 0 radical (unpaired) electrons. The zero-order valence-electron chi connectivity index (χ0n) is 19.4. The second-order valence-corrected chi connectivity index (χ2v) is 8.46. The Morgan fingerprint density at radius 1 is 1.15 bits per heavy atom. The van der Waals surface area contributed by atoms with Gasteiger partial charge < -0.3 is 15.8 Å². The molecule has 6 nitrogen and oxygen atoms in total. The number of carbonyl (C=O) groups excluding carboxylic acids is 1. The van der Waals surface area contributed by atoms with Crippen LogP contribution in [0.25, 0.3) is 22.3 Å². The van der Waals surface area contributed by atoms with E-state index in [1.54, 1.807) is 0 Å². The molecule has 4 rings (SSSR count). The van der Waals surface area contributed by atoms with Crippen LogP contribution in [0.3, 0.4) is 0 Å². The predicted molar refractivity (Wildman–Crippen MR) is 133 cm³/mol. The first-order valence-electron chi connectivity index (χ1n) is 11.5. The van der Waals surface area contributed by atoms with E-state index < -0.39 is 0 Å². The number of amides is 1. The average molecular weight is 445 g/mol. The number of nitrogen functional groups attached to an aromatic ring is 1. The van der Waals surface area contributed by atoms with Gasteiger partial charge in [0.05, 0.1) is 19.3 Å². The molecule has 2 heterocycles. The van der Waals surface area contributed by atoms with Crippen molar-refractivity contribution in [3.63, 3.8) is 0 Å². The van der Waals surface area contributed by atoms with E-state index in [1.807, 2.05) is 6.20 Å². The van der Waals surface area contributed by atoms with Gasteiger partial charge in [-0.05, 0) is 53.8 Å². The number of hydrogen-bond acceptors (Lipinski definition) is 5. The third-order valence-electron chi connectivity index (χ3n) is 6.47. The van der Waals surface area contributed by atoms with Crippen LogP contribution in [0.1, 0.15) is 29.7 Å². The van der Waals surface area contributed by atoms with Crippen LogP contribution in [0.4, 0.5) is 5.82 Å². The number of aryl methyl sites for hydroxylation is 1. The Kier molecular flexibility index (Phi) is 7.37. The summed E-state index contributed by atoms with van der Waals surface area (Å²) in [6.45, 7) is 8.41. The number of morpholine rings is 1. The monoisotopic (exact) mass is 444 g/mol. The highest BCUT2D eigenvalue weighted by molar-refractivity contribution is 5.79. The second-order valence-electron chi connectivity index (χ2n) is 8.46. The molecule has 1 fully saturated rings. The molecule has 1 atom stereocenters. The van der Waals surface area contributed by atoms with Gasteiger partial charge in [-0.3, -0.25) is 9.69 Å². The van der Waals surface area contributed by atoms with Gasteiger partial charge in [0, 0.05) is 30.4 Å². The van der Waals surface area contributed by atoms with Gasteiger partial charge in [-0.1, -0.05) is 49.4 Å². The molecule has 6 heteroatoms. The first-order valence-corrected chi connectivity index (χ1v) is 11.5. The van der Waals surface area contributed by atoms with Crippen LogP contribution in [0.15, 0.2) is 54.7 Å². The molecule has 0 saturated carbocycles. The molecule has 1 aromatic heterocycles. The van der Waals surface area contributed by atoms with Crippen LogP contribution in [0, 0.1) is 6.92 Å². The quantitative estimate of drug-likeness (QED) is 0.406. The molecule has 1 unspecified atom stereocenters. The molecular formula is C27H32N4O2. The minimum atomic E-state index is 0.303. The van der Waals surface area contributed by atoms with Crippen molar-refractivity contribution in [1.82, 2.24) is 15.2 Å².